The van der Waals surface area contributed by atoms with Crippen LogP contribution in [0.3, 0.4) is 0 Å². The third kappa shape index (κ3) is 1.33. The van der Waals surface area contributed by atoms with E-state index in [4.69, 9.17) is 17.3 Å². The van der Waals surface area contributed by atoms with Crippen molar-refractivity contribution in [2.45, 2.75) is 31.1 Å². The van der Waals surface area contributed by atoms with Crippen molar-refractivity contribution < 1.29 is 0 Å². The first-order valence-corrected chi connectivity index (χ1v) is 6.13. The summed E-state index contributed by atoms with van der Waals surface area (Å²) in [5.74, 6) is 0.720. The average molecular weight is 222 g/mol. The molecular formula is C13H16ClN. The van der Waals surface area contributed by atoms with Gasteiger partial charge in [-0.15, -0.1) is 0 Å². The lowest BCUT2D eigenvalue weighted by atomic mass is 9.79. The number of hydrogen-bond donors (Lipinski definition) is 1. The molecule has 1 spiro atoms. The van der Waals surface area contributed by atoms with Crippen LogP contribution in [0.5, 0.6) is 0 Å². The van der Waals surface area contributed by atoms with Crippen molar-refractivity contribution in [2.75, 3.05) is 6.54 Å². The molecule has 2 unspecified atom stereocenters. The molecule has 2 heteroatoms. The highest BCUT2D eigenvalue weighted by atomic mass is 35.5. The smallest absolute Gasteiger partial charge is 0.0408 e. The summed E-state index contributed by atoms with van der Waals surface area (Å²) in [6, 6.07) is 6.40. The number of fused-ring (bicyclic) bond motifs is 2. The Morgan fingerprint density at radius 1 is 1.47 bits per heavy atom. The lowest BCUT2D eigenvalue weighted by Gasteiger charge is -2.26. The largest absolute Gasteiger partial charge is 0.330 e. The van der Waals surface area contributed by atoms with Crippen molar-refractivity contribution in [1.82, 2.24) is 0 Å². The van der Waals surface area contributed by atoms with E-state index in [1.54, 1.807) is 0 Å². The standard InChI is InChI=1S/C13H16ClN/c14-11-3-4-12-9(6-11)2-1-5-13(12)7-10(13)8-15/h3-4,6,10H,1-2,5,7-8,15H2. The van der Waals surface area contributed by atoms with Gasteiger partial charge in [-0.3, -0.25) is 0 Å². The summed E-state index contributed by atoms with van der Waals surface area (Å²) >= 11 is 6.04. The number of hydrogen-bond acceptors (Lipinski definition) is 1. The van der Waals surface area contributed by atoms with Gasteiger partial charge in [-0.2, -0.15) is 0 Å². The molecule has 2 atom stereocenters. The second kappa shape index (κ2) is 3.23. The molecule has 0 aliphatic heterocycles. The van der Waals surface area contributed by atoms with Crippen LogP contribution in [-0.4, -0.2) is 6.54 Å². The first kappa shape index (κ1) is 9.68. The minimum absolute atomic E-state index is 0.437. The first-order chi connectivity index (χ1) is 7.26. The fraction of sp³-hybridized carbons (Fsp3) is 0.538. The zero-order valence-electron chi connectivity index (χ0n) is 8.80. The highest BCUT2D eigenvalue weighted by Gasteiger charge is 2.55. The predicted octanol–water partition coefficient (Wildman–Crippen LogP) is 2.89. The van der Waals surface area contributed by atoms with Crippen molar-refractivity contribution in [3.8, 4) is 0 Å². The van der Waals surface area contributed by atoms with Gasteiger partial charge < -0.3 is 5.73 Å². The maximum atomic E-state index is 6.04. The maximum absolute atomic E-state index is 6.04. The number of aryl methyl sites for hydroxylation is 1. The summed E-state index contributed by atoms with van der Waals surface area (Å²) in [4.78, 5) is 0. The van der Waals surface area contributed by atoms with E-state index in [1.807, 2.05) is 6.07 Å². The van der Waals surface area contributed by atoms with Crippen molar-refractivity contribution >= 4 is 11.6 Å². The van der Waals surface area contributed by atoms with Crippen LogP contribution in [0.2, 0.25) is 5.02 Å². The van der Waals surface area contributed by atoms with Gasteiger partial charge in [0.05, 0.1) is 0 Å². The van der Waals surface area contributed by atoms with Crippen LogP contribution in [0.25, 0.3) is 0 Å². The normalized spacial score (nSPS) is 32.8. The molecule has 0 radical (unpaired) electrons. The molecule has 1 aromatic rings. The van der Waals surface area contributed by atoms with Crippen LogP contribution < -0.4 is 5.73 Å². The van der Waals surface area contributed by atoms with E-state index in [1.165, 1.54) is 36.8 Å². The summed E-state index contributed by atoms with van der Waals surface area (Å²) in [5.41, 5.74) is 9.24. The van der Waals surface area contributed by atoms with E-state index in [9.17, 15) is 0 Å². The second-order valence-electron chi connectivity index (χ2n) is 4.95. The van der Waals surface area contributed by atoms with Crippen molar-refractivity contribution in [2.24, 2.45) is 11.7 Å². The number of nitrogens with two attached hydrogens (primary N) is 1. The van der Waals surface area contributed by atoms with Crippen LogP contribution in [0.4, 0.5) is 0 Å². The van der Waals surface area contributed by atoms with E-state index in [0.29, 0.717) is 5.41 Å². The molecule has 1 saturated carbocycles. The predicted molar refractivity (Wildman–Crippen MR) is 63.2 cm³/mol. The zero-order valence-corrected chi connectivity index (χ0v) is 9.56. The van der Waals surface area contributed by atoms with E-state index >= 15 is 0 Å². The molecule has 0 amide bonds. The Balaban J connectivity index is 2.05. The topological polar surface area (TPSA) is 26.0 Å². The monoisotopic (exact) mass is 221 g/mol. The molecule has 1 fully saturated rings. The van der Waals surface area contributed by atoms with Crippen LogP contribution in [-0.2, 0) is 11.8 Å². The number of benzene rings is 1. The van der Waals surface area contributed by atoms with Gasteiger partial charge in [0.2, 0.25) is 0 Å². The third-order valence-electron chi connectivity index (χ3n) is 4.19. The highest BCUT2D eigenvalue weighted by molar-refractivity contribution is 6.30. The minimum atomic E-state index is 0.437. The summed E-state index contributed by atoms with van der Waals surface area (Å²) in [7, 11) is 0. The summed E-state index contributed by atoms with van der Waals surface area (Å²) < 4.78 is 0. The summed E-state index contributed by atoms with van der Waals surface area (Å²) in [5, 5.41) is 0.871. The molecule has 0 saturated heterocycles. The molecule has 0 heterocycles. The van der Waals surface area contributed by atoms with E-state index in [-0.39, 0.29) is 0 Å². The molecule has 2 aliphatic carbocycles. The average Bonchev–Trinajstić information content (AvgIpc) is 2.92. The molecular weight excluding hydrogens is 206 g/mol. The Bertz CT molecular complexity index is 402. The molecule has 3 rings (SSSR count). The van der Waals surface area contributed by atoms with Crippen molar-refractivity contribution in [3.05, 3.63) is 34.3 Å². The van der Waals surface area contributed by atoms with Gasteiger partial charge in [0, 0.05) is 5.02 Å². The van der Waals surface area contributed by atoms with Crippen molar-refractivity contribution in [1.29, 1.82) is 0 Å². The molecule has 0 bridgehead atoms. The zero-order chi connectivity index (χ0) is 10.5. The number of halogens is 1. The quantitative estimate of drug-likeness (QED) is 0.776. The maximum Gasteiger partial charge on any atom is 0.0408 e. The van der Waals surface area contributed by atoms with Crippen LogP contribution in [0.1, 0.15) is 30.4 Å². The fourth-order valence-electron chi connectivity index (χ4n) is 3.31. The molecule has 80 valence electrons. The second-order valence-corrected chi connectivity index (χ2v) is 5.38. The van der Waals surface area contributed by atoms with Gasteiger partial charge in [0.1, 0.15) is 0 Å². The summed E-state index contributed by atoms with van der Waals surface area (Å²) in [6.45, 7) is 0.835. The third-order valence-corrected chi connectivity index (χ3v) is 4.42. The van der Waals surface area contributed by atoms with Gasteiger partial charge in [0.15, 0.2) is 0 Å². The Morgan fingerprint density at radius 2 is 2.33 bits per heavy atom. The lowest BCUT2D eigenvalue weighted by Crippen LogP contribution is -2.21. The lowest BCUT2D eigenvalue weighted by molar-refractivity contribution is 0.499. The highest BCUT2D eigenvalue weighted by Crippen LogP contribution is 2.59. The van der Waals surface area contributed by atoms with E-state index in [0.717, 1.165) is 17.5 Å². The molecule has 1 aromatic carbocycles. The van der Waals surface area contributed by atoms with Gasteiger partial charge in [0.25, 0.3) is 0 Å². The number of rotatable bonds is 1. The molecule has 2 N–H and O–H groups in total. The summed E-state index contributed by atoms with van der Waals surface area (Å²) in [6.07, 6.45) is 5.10. The fourth-order valence-corrected chi connectivity index (χ4v) is 3.50. The van der Waals surface area contributed by atoms with Gasteiger partial charge >= 0.3 is 0 Å². The SMILES string of the molecule is NCC1CC12CCCc1cc(Cl)ccc12. The Labute approximate surface area is 95.6 Å². The van der Waals surface area contributed by atoms with E-state index < -0.39 is 0 Å². The molecule has 1 nitrogen and oxygen atoms in total. The van der Waals surface area contributed by atoms with Gasteiger partial charge in [-0.25, -0.2) is 0 Å². The van der Waals surface area contributed by atoms with Gasteiger partial charge in [-0.1, -0.05) is 17.7 Å². The molecule has 15 heavy (non-hydrogen) atoms. The van der Waals surface area contributed by atoms with E-state index in [2.05, 4.69) is 12.1 Å². The molecule has 0 aromatic heterocycles. The Hall–Kier alpha value is -0.530. The Kier molecular flexibility index (Phi) is 2.08. The Morgan fingerprint density at radius 3 is 3.07 bits per heavy atom. The van der Waals surface area contributed by atoms with Crippen LogP contribution >= 0.6 is 11.6 Å². The van der Waals surface area contributed by atoms with Crippen molar-refractivity contribution in [3.63, 3.8) is 0 Å². The van der Waals surface area contributed by atoms with Crippen LogP contribution in [0.15, 0.2) is 18.2 Å². The van der Waals surface area contributed by atoms with Gasteiger partial charge in [-0.05, 0) is 66.8 Å². The molecule has 2 aliphatic rings. The first-order valence-electron chi connectivity index (χ1n) is 5.75. The minimum Gasteiger partial charge on any atom is -0.330 e. The van der Waals surface area contributed by atoms with Crippen LogP contribution in [0, 0.1) is 5.92 Å².